The first-order valence-corrected chi connectivity index (χ1v) is 7.04. The Morgan fingerprint density at radius 1 is 1.17 bits per heavy atom. The molecule has 1 aliphatic carbocycles. The quantitative estimate of drug-likeness (QED) is 0.578. The van der Waals surface area contributed by atoms with Crippen LogP contribution in [0.3, 0.4) is 0 Å². The predicted molar refractivity (Wildman–Crippen MR) is 80.4 cm³/mol. The Morgan fingerprint density at radius 3 is 2.61 bits per heavy atom. The van der Waals surface area contributed by atoms with Crippen molar-refractivity contribution >= 4 is 23.0 Å². The highest BCUT2D eigenvalue weighted by atomic mass is 32.1. The van der Waals surface area contributed by atoms with E-state index in [9.17, 15) is 0 Å². The van der Waals surface area contributed by atoms with Gasteiger partial charge >= 0.3 is 0 Å². The molecule has 0 aliphatic heterocycles. The van der Waals surface area contributed by atoms with Gasteiger partial charge in [-0.05, 0) is 43.1 Å². The second-order valence-corrected chi connectivity index (χ2v) is 5.37. The normalized spacial score (nSPS) is 23.2. The van der Waals surface area contributed by atoms with E-state index in [1.165, 1.54) is 25.7 Å². The molecule has 4 heteroatoms. The van der Waals surface area contributed by atoms with E-state index >= 15 is 0 Å². The van der Waals surface area contributed by atoms with Crippen LogP contribution in [0.5, 0.6) is 0 Å². The first kappa shape index (κ1) is 13.1. The van der Waals surface area contributed by atoms with Crippen molar-refractivity contribution in [2.75, 3.05) is 5.43 Å². The summed E-state index contributed by atoms with van der Waals surface area (Å²) in [5.41, 5.74) is 7.14. The second kappa shape index (κ2) is 6.59. The molecular formula is C14H21N3S. The fraction of sp³-hybridized carbons (Fsp3) is 0.500. The topological polar surface area (TPSA) is 36.1 Å². The van der Waals surface area contributed by atoms with Gasteiger partial charge < -0.3 is 5.32 Å². The lowest BCUT2D eigenvalue weighted by atomic mass is 9.86. The molecule has 98 valence electrons. The molecule has 1 aromatic rings. The average Bonchev–Trinajstić information content (AvgIpc) is 2.40. The van der Waals surface area contributed by atoms with E-state index in [0.717, 1.165) is 5.69 Å². The summed E-state index contributed by atoms with van der Waals surface area (Å²) >= 11 is 5.30. The lowest BCUT2D eigenvalue weighted by Crippen LogP contribution is -2.47. The number of nitrogens with one attached hydrogen (secondary N) is 3. The minimum Gasteiger partial charge on any atom is -0.358 e. The minimum atomic E-state index is 0.510. The molecule has 18 heavy (non-hydrogen) atoms. The Bertz CT molecular complexity index is 380. The van der Waals surface area contributed by atoms with Gasteiger partial charge in [0.1, 0.15) is 0 Å². The minimum absolute atomic E-state index is 0.510. The van der Waals surface area contributed by atoms with Crippen molar-refractivity contribution in [1.82, 2.24) is 10.7 Å². The van der Waals surface area contributed by atoms with Crippen molar-refractivity contribution in [1.29, 1.82) is 0 Å². The van der Waals surface area contributed by atoms with Crippen LogP contribution in [0.4, 0.5) is 5.69 Å². The van der Waals surface area contributed by atoms with Crippen molar-refractivity contribution in [3.63, 3.8) is 0 Å². The summed E-state index contributed by atoms with van der Waals surface area (Å²) in [5, 5.41) is 4.08. The second-order valence-electron chi connectivity index (χ2n) is 4.96. The highest BCUT2D eigenvalue weighted by Crippen LogP contribution is 2.23. The summed E-state index contributed by atoms with van der Waals surface area (Å²) in [5.74, 6) is 0.704. The molecule has 1 saturated carbocycles. The van der Waals surface area contributed by atoms with Gasteiger partial charge in [0.05, 0.1) is 5.69 Å². The molecule has 0 unspecified atom stereocenters. The molecule has 1 fully saturated rings. The molecule has 0 radical (unpaired) electrons. The third-order valence-electron chi connectivity index (χ3n) is 3.52. The monoisotopic (exact) mass is 263 g/mol. The first-order chi connectivity index (χ1) is 8.75. The zero-order valence-electron chi connectivity index (χ0n) is 10.8. The van der Waals surface area contributed by atoms with E-state index in [0.29, 0.717) is 17.1 Å². The van der Waals surface area contributed by atoms with E-state index in [-0.39, 0.29) is 0 Å². The van der Waals surface area contributed by atoms with Crippen LogP contribution in [0.2, 0.25) is 0 Å². The van der Waals surface area contributed by atoms with Crippen LogP contribution < -0.4 is 16.2 Å². The van der Waals surface area contributed by atoms with Gasteiger partial charge in [-0.3, -0.25) is 10.9 Å². The van der Waals surface area contributed by atoms with Gasteiger partial charge in [-0.2, -0.15) is 0 Å². The average molecular weight is 263 g/mol. The van der Waals surface area contributed by atoms with Gasteiger partial charge in [-0.15, -0.1) is 0 Å². The highest BCUT2D eigenvalue weighted by Gasteiger charge is 2.21. The number of anilines is 1. The van der Waals surface area contributed by atoms with Crippen LogP contribution in [0.1, 0.15) is 32.6 Å². The SMILES string of the molecule is C[C@H]1CCCC[C@@H]1NC(=S)NNc1ccccc1. The summed E-state index contributed by atoms with van der Waals surface area (Å²) in [6.45, 7) is 2.30. The van der Waals surface area contributed by atoms with Crippen molar-refractivity contribution in [3.8, 4) is 0 Å². The van der Waals surface area contributed by atoms with Gasteiger partial charge in [0, 0.05) is 6.04 Å². The van der Waals surface area contributed by atoms with Gasteiger partial charge in [0.25, 0.3) is 0 Å². The standard InChI is InChI=1S/C14H21N3S/c1-11-7-5-6-10-13(11)15-14(18)17-16-12-8-3-2-4-9-12/h2-4,8-9,11,13,16H,5-7,10H2,1H3,(H2,15,17,18)/t11-,13-/m0/s1. The Balaban J connectivity index is 1.75. The molecule has 1 aliphatic rings. The number of hydrogen-bond donors (Lipinski definition) is 3. The van der Waals surface area contributed by atoms with Crippen LogP contribution >= 0.6 is 12.2 Å². The van der Waals surface area contributed by atoms with Crippen molar-refractivity contribution in [2.24, 2.45) is 5.92 Å². The number of hydrazine groups is 1. The maximum Gasteiger partial charge on any atom is 0.185 e. The van der Waals surface area contributed by atoms with Crippen LogP contribution in [0, 0.1) is 5.92 Å². The third kappa shape index (κ3) is 3.88. The molecule has 0 bridgehead atoms. The maximum absolute atomic E-state index is 5.30. The first-order valence-electron chi connectivity index (χ1n) is 6.63. The van der Waals surface area contributed by atoms with Crippen LogP contribution in [-0.4, -0.2) is 11.2 Å². The number of rotatable bonds is 3. The smallest absolute Gasteiger partial charge is 0.185 e. The van der Waals surface area contributed by atoms with E-state index in [1.54, 1.807) is 0 Å². The molecule has 0 amide bonds. The van der Waals surface area contributed by atoms with Crippen molar-refractivity contribution in [3.05, 3.63) is 30.3 Å². The fourth-order valence-corrected chi connectivity index (χ4v) is 2.59. The number of thiocarbonyl (C=S) groups is 1. The van der Waals surface area contributed by atoms with Crippen LogP contribution in [0.25, 0.3) is 0 Å². The van der Waals surface area contributed by atoms with Crippen LogP contribution in [-0.2, 0) is 0 Å². The zero-order chi connectivity index (χ0) is 12.8. The zero-order valence-corrected chi connectivity index (χ0v) is 11.6. The summed E-state index contributed by atoms with van der Waals surface area (Å²) in [4.78, 5) is 0. The molecule has 0 heterocycles. The summed E-state index contributed by atoms with van der Waals surface area (Å²) in [6, 6.07) is 10.5. The summed E-state index contributed by atoms with van der Waals surface area (Å²) < 4.78 is 0. The van der Waals surface area contributed by atoms with Gasteiger partial charge in [0.15, 0.2) is 5.11 Å². The molecule has 3 nitrogen and oxygen atoms in total. The van der Waals surface area contributed by atoms with E-state index in [4.69, 9.17) is 12.2 Å². The Morgan fingerprint density at radius 2 is 1.89 bits per heavy atom. The van der Waals surface area contributed by atoms with E-state index in [2.05, 4.69) is 23.1 Å². The molecule has 0 aromatic heterocycles. The lowest BCUT2D eigenvalue weighted by Gasteiger charge is -2.30. The summed E-state index contributed by atoms with van der Waals surface area (Å²) in [7, 11) is 0. The van der Waals surface area contributed by atoms with Gasteiger partial charge in [0.2, 0.25) is 0 Å². The van der Waals surface area contributed by atoms with Crippen LogP contribution in [0.15, 0.2) is 30.3 Å². The van der Waals surface area contributed by atoms with E-state index in [1.807, 2.05) is 30.3 Å². The molecule has 2 atom stereocenters. The van der Waals surface area contributed by atoms with Crippen molar-refractivity contribution < 1.29 is 0 Å². The maximum atomic E-state index is 5.30. The molecule has 0 spiro atoms. The number of benzene rings is 1. The molecule has 3 N–H and O–H groups in total. The number of para-hydroxylation sites is 1. The lowest BCUT2D eigenvalue weighted by molar-refractivity contribution is 0.308. The molecule has 0 saturated heterocycles. The summed E-state index contributed by atoms with van der Waals surface area (Å²) in [6.07, 6.45) is 5.17. The Kier molecular flexibility index (Phi) is 4.81. The predicted octanol–water partition coefficient (Wildman–Crippen LogP) is 3.06. The molecular weight excluding hydrogens is 242 g/mol. The Hall–Kier alpha value is -1.29. The van der Waals surface area contributed by atoms with E-state index < -0.39 is 0 Å². The highest BCUT2D eigenvalue weighted by molar-refractivity contribution is 7.80. The largest absolute Gasteiger partial charge is 0.358 e. The molecule has 1 aromatic carbocycles. The van der Waals surface area contributed by atoms with Crippen molar-refractivity contribution in [2.45, 2.75) is 38.6 Å². The van der Waals surface area contributed by atoms with Gasteiger partial charge in [-0.1, -0.05) is 38.0 Å². The number of hydrogen-bond acceptors (Lipinski definition) is 2. The fourth-order valence-electron chi connectivity index (χ4n) is 2.39. The third-order valence-corrected chi connectivity index (χ3v) is 3.74. The van der Waals surface area contributed by atoms with Gasteiger partial charge in [-0.25, -0.2) is 0 Å². The molecule has 2 rings (SSSR count). The Labute approximate surface area is 114 Å².